The van der Waals surface area contributed by atoms with E-state index in [0.29, 0.717) is 0 Å². The lowest BCUT2D eigenvalue weighted by Crippen LogP contribution is -2.18. The van der Waals surface area contributed by atoms with Crippen molar-refractivity contribution in [3.63, 3.8) is 0 Å². The normalized spacial score (nSPS) is 15.5. The Morgan fingerprint density at radius 3 is 2.87 bits per heavy atom. The first-order valence-corrected chi connectivity index (χ1v) is 5.46. The molecule has 15 heavy (non-hydrogen) atoms. The van der Waals surface area contributed by atoms with Crippen LogP contribution in [0.5, 0.6) is 0 Å². The van der Waals surface area contributed by atoms with Crippen molar-refractivity contribution in [3.8, 4) is 0 Å². The van der Waals surface area contributed by atoms with E-state index in [2.05, 4.69) is 10.5 Å². The molecular weight excluding hydrogens is 188 g/mol. The molecule has 0 radical (unpaired) electrons. The Balaban J connectivity index is 2.41. The maximum atomic E-state index is 11.9. The summed E-state index contributed by atoms with van der Waals surface area (Å²) >= 11 is 0. The van der Waals surface area contributed by atoms with Gasteiger partial charge in [-0.3, -0.25) is 4.79 Å². The first kappa shape index (κ1) is 8.77. The quantitative estimate of drug-likeness (QED) is 0.636. The fourth-order valence-corrected chi connectivity index (χ4v) is 2.47. The number of nitrogens with zero attached hydrogens (tertiary/aromatic N) is 2. The van der Waals surface area contributed by atoms with Crippen molar-refractivity contribution in [1.29, 1.82) is 0 Å². The summed E-state index contributed by atoms with van der Waals surface area (Å²) in [4.78, 5) is 11.9. The monoisotopic (exact) mass is 202 g/mol. The van der Waals surface area contributed by atoms with Gasteiger partial charge in [-0.1, -0.05) is 0 Å². The fourth-order valence-electron chi connectivity index (χ4n) is 2.47. The summed E-state index contributed by atoms with van der Waals surface area (Å²) in [5.41, 5.74) is 3.64. The number of rotatable bonds is 0. The third-order valence-electron chi connectivity index (χ3n) is 3.32. The van der Waals surface area contributed by atoms with Gasteiger partial charge in [0.1, 0.15) is 5.52 Å². The van der Waals surface area contributed by atoms with Gasteiger partial charge in [0, 0.05) is 25.1 Å². The molecule has 0 aromatic carbocycles. The van der Waals surface area contributed by atoms with Gasteiger partial charge in [-0.15, -0.1) is 0 Å². The zero-order chi connectivity index (χ0) is 10.4. The van der Waals surface area contributed by atoms with E-state index < -0.39 is 0 Å². The molecule has 0 saturated carbocycles. The predicted molar refractivity (Wildman–Crippen MR) is 59.3 cm³/mol. The van der Waals surface area contributed by atoms with Crippen molar-refractivity contribution >= 4 is 5.52 Å². The van der Waals surface area contributed by atoms with Crippen molar-refractivity contribution in [2.45, 2.75) is 25.7 Å². The van der Waals surface area contributed by atoms with E-state index in [1.165, 1.54) is 24.1 Å². The molecule has 3 rings (SSSR count). The van der Waals surface area contributed by atoms with Crippen LogP contribution < -0.4 is 5.56 Å². The third kappa shape index (κ3) is 1.16. The second-order valence-electron chi connectivity index (χ2n) is 4.29. The summed E-state index contributed by atoms with van der Waals surface area (Å²) in [5, 5.41) is 0. The van der Waals surface area contributed by atoms with E-state index in [0.717, 1.165) is 18.4 Å². The Morgan fingerprint density at radius 1 is 1.20 bits per heavy atom. The van der Waals surface area contributed by atoms with Crippen molar-refractivity contribution in [2.75, 3.05) is 0 Å². The SMILES string of the molecule is Cn1ccn2c3c(cc2c1=O)CCCC3. The molecule has 2 aromatic heterocycles. The zero-order valence-corrected chi connectivity index (χ0v) is 8.86. The molecule has 2 aromatic rings. The Hall–Kier alpha value is -1.51. The number of aryl methyl sites for hydroxylation is 3. The van der Waals surface area contributed by atoms with Gasteiger partial charge in [0.15, 0.2) is 0 Å². The highest BCUT2D eigenvalue weighted by atomic mass is 16.1. The summed E-state index contributed by atoms with van der Waals surface area (Å²) in [6.45, 7) is 0. The highest BCUT2D eigenvalue weighted by Gasteiger charge is 2.15. The van der Waals surface area contributed by atoms with Gasteiger partial charge in [-0.05, 0) is 37.3 Å². The summed E-state index contributed by atoms with van der Waals surface area (Å²) in [5.74, 6) is 0. The van der Waals surface area contributed by atoms with Crippen LogP contribution in [0.15, 0.2) is 23.3 Å². The van der Waals surface area contributed by atoms with Gasteiger partial charge in [0.2, 0.25) is 0 Å². The van der Waals surface area contributed by atoms with Crippen LogP contribution in [0.2, 0.25) is 0 Å². The minimum atomic E-state index is 0.104. The lowest BCUT2D eigenvalue weighted by atomic mass is 9.98. The molecular formula is C12H14N2O. The maximum absolute atomic E-state index is 11.9. The Morgan fingerprint density at radius 2 is 2.00 bits per heavy atom. The van der Waals surface area contributed by atoms with Gasteiger partial charge in [-0.25, -0.2) is 0 Å². The van der Waals surface area contributed by atoms with Gasteiger partial charge in [-0.2, -0.15) is 0 Å². The topological polar surface area (TPSA) is 26.4 Å². The number of hydrogen-bond acceptors (Lipinski definition) is 1. The lowest BCUT2D eigenvalue weighted by molar-refractivity contribution is 0.667. The summed E-state index contributed by atoms with van der Waals surface area (Å²) < 4.78 is 3.71. The maximum Gasteiger partial charge on any atom is 0.274 e. The molecule has 3 nitrogen and oxygen atoms in total. The molecule has 0 spiro atoms. The minimum Gasteiger partial charge on any atom is -0.315 e. The largest absolute Gasteiger partial charge is 0.315 e. The van der Waals surface area contributed by atoms with Gasteiger partial charge >= 0.3 is 0 Å². The van der Waals surface area contributed by atoms with E-state index in [-0.39, 0.29) is 5.56 Å². The molecule has 2 heterocycles. The predicted octanol–water partition coefficient (Wildman–Crippen LogP) is 1.52. The van der Waals surface area contributed by atoms with Crippen LogP contribution in [0, 0.1) is 0 Å². The van der Waals surface area contributed by atoms with E-state index in [1.54, 1.807) is 11.6 Å². The summed E-state index contributed by atoms with van der Waals surface area (Å²) in [7, 11) is 1.80. The number of fused-ring (bicyclic) bond motifs is 3. The summed E-state index contributed by atoms with van der Waals surface area (Å²) in [6, 6.07) is 2.07. The minimum absolute atomic E-state index is 0.104. The number of aromatic nitrogens is 2. The molecule has 78 valence electrons. The fraction of sp³-hybridized carbons (Fsp3) is 0.417. The van der Waals surface area contributed by atoms with Gasteiger partial charge in [0.25, 0.3) is 5.56 Å². The molecule has 0 atom stereocenters. The first-order chi connectivity index (χ1) is 7.27. The third-order valence-corrected chi connectivity index (χ3v) is 3.32. The molecule has 1 aliphatic carbocycles. The van der Waals surface area contributed by atoms with E-state index in [4.69, 9.17) is 0 Å². The average Bonchev–Trinajstić information content (AvgIpc) is 2.63. The van der Waals surface area contributed by atoms with Crippen LogP contribution in [0.25, 0.3) is 5.52 Å². The van der Waals surface area contributed by atoms with Crippen molar-refractivity contribution in [2.24, 2.45) is 7.05 Å². The smallest absolute Gasteiger partial charge is 0.274 e. The standard InChI is InChI=1S/C12H14N2O/c1-13-6-7-14-10-5-3-2-4-9(10)8-11(14)12(13)15/h6-8H,2-5H2,1H3. The van der Waals surface area contributed by atoms with Crippen LogP contribution >= 0.6 is 0 Å². The van der Waals surface area contributed by atoms with E-state index >= 15 is 0 Å². The molecule has 0 amide bonds. The first-order valence-electron chi connectivity index (χ1n) is 5.46. The van der Waals surface area contributed by atoms with Crippen LogP contribution in [0.1, 0.15) is 24.1 Å². The second-order valence-corrected chi connectivity index (χ2v) is 4.29. The Kier molecular flexibility index (Phi) is 1.75. The molecule has 0 fully saturated rings. The molecule has 0 aliphatic heterocycles. The average molecular weight is 202 g/mol. The zero-order valence-electron chi connectivity index (χ0n) is 8.86. The van der Waals surface area contributed by atoms with Gasteiger partial charge in [0.05, 0.1) is 0 Å². The highest BCUT2D eigenvalue weighted by molar-refractivity contribution is 5.52. The van der Waals surface area contributed by atoms with Crippen molar-refractivity contribution < 1.29 is 0 Å². The molecule has 1 aliphatic rings. The summed E-state index contributed by atoms with van der Waals surface area (Å²) in [6.07, 6.45) is 8.57. The molecule has 0 bridgehead atoms. The second kappa shape index (κ2) is 2.99. The molecule has 0 unspecified atom stereocenters. The van der Waals surface area contributed by atoms with Crippen LogP contribution in [0.4, 0.5) is 0 Å². The van der Waals surface area contributed by atoms with Crippen molar-refractivity contribution in [3.05, 3.63) is 40.1 Å². The van der Waals surface area contributed by atoms with E-state index in [9.17, 15) is 4.79 Å². The highest BCUT2D eigenvalue weighted by Crippen LogP contribution is 2.23. The molecule has 0 N–H and O–H groups in total. The van der Waals surface area contributed by atoms with Crippen LogP contribution in [-0.4, -0.2) is 8.97 Å². The Bertz CT molecular complexity index is 577. The van der Waals surface area contributed by atoms with Crippen molar-refractivity contribution in [1.82, 2.24) is 8.97 Å². The lowest BCUT2D eigenvalue weighted by Gasteiger charge is -2.11. The molecule has 3 heteroatoms. The van der Waals surface area contributed by atoms with Crippen LogP contribution in [-0.2, 0) is 19.9 Å². The van der Waals surface area contributed by atoms with E-state index in [1.807, 2.05) is 12.4 Å². The Labute approximate surface area is 88.0 Å². The molecule has 0 saturated heterocycles. The van der Waals surface area contributed by atoms with Crippen LogP contribution in [0.3, 0.4) is 0 Å². The number of hydrogen-bond donors (Lipinski definition) is 0. The van der Waals surface area contributed by atoms with Gasteiger partial charge < -0.3 is 8.97 Å².